The smallest absolute Gasteiger partial charge is 0.416 e. The molecule has 1 N–H and O–H groups in total. The fraction of sp³-hybridized carbons (Fsp3) is 0.182. The number of hydrogen-bond donors (Lipinski definition) is 1. The predicted octanol–water partition coefficient (Wildman–Crippen LogP) is 3.20. The maximum Gasteiger partial charge on any atom is 0.416 e. The van der Waals surface area contributed by atoms with Crippen molar-refractivity contribution in [3.8, 4) is 0 Å². The van der Waals surface area contributed by atoms with Gasteiger partial charge in [-0.2, -0.15) is 0 Å². The van der Waals surface area contributed by atoms with E-state index in [2.05, 4.69) is 0 Å². The Morgan fingerprint density at radius 2 is 2.13 bits per heavy atom. The number of nitrogens with zero attached hydrogens (tertiary/aromatic N) is 1. The normalized spacial score (nSPS) is 10.8. The SMILES string of the molecule is CSc1ccc2cc(C)n(C(=O)O)c2c1. The molecule has 2 aromatic rings. The summed E-state index contributed by atoms with van der Waals surface area (Å²) in [5.74, 6) is 0. The van der Waals surface area contributed by atoms with E-state index in [0.29, 0.717) is 0 Å². The Kier molecular flexibility index (Phi) is 2.44. The quantitative estimate of drug-likeness (QED) is 0.752. The van der Waals surface area contributed by atoms with Crippen molar-refractivity contribution in [1.29, 1.82) is 0 Å². The number of thioether (sulfide) groups is 1. The number of aryl methyl sites for hydroxylation is 1. The average Bonchev–Trinajstić information content (AvgIpc) is 2.52. The molecule has 0 bridgehead atoms. The average molecular weight is 221 g/mol. The largest absolute Gasteiger partial charge is 0.464 e. The van der Waals surface area contributed by atoms with Crippen LogP contribution in [0.2, 0.25) is 0 Å². The van der Waals surface area contributed by atoms with Gasteiger partial charge in [-0.1, -0.05) is 6.07 Å². The van der Waals surface area contributed by atoms with Crippen molar-refractivity contribution in [2.24, 2.45) is 0 Å². The highest BCUT2D eigenvalue weighted by Gasteiger charge is 2.11. The maximum absolute atomic E-state index is 11.1. The molecule has 15 heavy (non-hydrogen) atoms. The van der Waals surface area contributed by atoms with Crippen molar-refractivity contribution in [1.82, 2.24) is 4.57 Å². The lowest BCUT2D eigenvalue weighted by Crippen LogP contribution is -2.08. The van der Waals surface area contributed by atoms with Gasteiger partial charge in [-0.05, 0) is 31.4 Å². The highest BCUT2D eigenvalue weighted by molar-refractivity contribution is 7.98. The predicted molar refractivity (Wildman–Crippen MR) is 61.9 cm³/mol. The molecule has 0 radical (unpaired) electrons. The first-order valence-corrected chi connectivity index (χ1v) is 5.75. The molecular formula is C11H11NO2S. The van der Waals surface area contributed by atoms with Gasteiger partial charge in [0.05, 0.1) is 5.52 Å². The molecule has 1 aromatic carbocycles. The maximum atomic E-state index is 11.1. The molecule has 3 nitrogen and oxygen atoms in total. The van der Waals surface area contributed by atoms with Crippen LogP contribution in [-0.4, -0.2) is 22.0 Å². The lowest BCUT2D eigenvalue weighted by atomic mass is 10.2. The molecular weight excluding hydrogens is 210 g/mol. The third kappa shape index (κ3) is 1.61. The molecule has 0 aliphatic carbocycles. The number of aromatic nitrogens is 1. The molecule has 1 heterocycles. The van der Waals surface area contributed by atoms with Crippen molar-refractivity contribution in [2.75, 3.05) is 6.26 Å². The van der Waals surface area contributed by atoms with Crippen molar-refractivity contribution in [3.63, 3.8) is 0 Å². The Bertz CT molecular complexity index is 531. The van der Waals surface area contributed by atoms with E-state index in [-0.39, 0.29) is 0 Å². The number of hydrogen-bond acceptors (Lipinski definition) is 2. The Morgan fingerprint density at radius 1 is 1.40 bits per heavy atom. The molecule has 0 saturated heterocycles. The van der Waals surface area contributed by atoms with Crippen LogP contribution in [0.3, 0.4) is 0 Å². The summed E-state index contributed by atoms with van der Waals surface area (Å²) >= 11 is 1.61. The van der Waals surface area contributed by atoms with Gasteiger partial charge in [0.15, 0.2) is 0 Å². The minimum absolute atomic E-state index is 0.746. The van der Waals surface area contributed by atoms with Crippen LogP contribution in [-0.2, 0) is 0 Å². The minimum atomic E-state index is -0.930. The zero-order valence-corrected chi connectivity index (χ0v) is 9.34. The summed E-state index contributed by atoms with van der Waals surface area (Å²) in [7, 11) is 0. The van der Waals surface area contributed by atoms with Crippen molar-refractivity contribution >= 4 is 28.8 Å². The zero-order chi connectivity index (χ0) is 11.0. The van der Waals surface area contributed by atoms with Gasteiger partial charge in [-0.25, -0.2) is 9.36 Å². The van der Waals surface area contributed by atoms with Crippen molar-refractivity contribution in [2.45, 2.75) is 11.8 Å². The van der Waals surface area contributed by atoms with E-state index in [1.165, 1.54) is 4.57 Å². The van der Waals surface area contributed by atoms with E-state index in [4.69, 9.17) is 5.11 Å². The Balaban J connectivity index is 2.77. The first-order chi connectivity index (χ1) is 7.13. The van der Waals surface area contributed by atoms with E-state index in [0.717, 1.165) is 21.5 Å². The summed E-state index contributed by atoms with van der Waals surface area (Å²) in [6, 6.07) is 7.74. The topological polar surface area (TPSA) is 42.2 Å². The lowest BCUT2D eigenvalue weighted by Gasteiger charge is -2.01. The van der Waals surface area contributed by atoms with Gasteiger partial charge in [0.2, 0.25) is 0 Å². The molecule has 0 aliphatic heterocycles. The van der Waals surface area contributed by atoms with Gasteiger partial charge in [0.25, 0.3) is 0 Å². The first kappa shape index (κ1) is 10.1. The fourth-order valence-electron chi connectivity index (χ4n) is 1.70. The molecule has 0 amide bonds. The van der Waals surface area contributed by atoms with E-state index in [1.54, 1.807) is 18.7 Å². The third-order valence-electron chi connectivity index (χ3n) is 2.39. The fourth-order valence-corrected chi connectivity index (χ4v) is 2.13. The second-order valence-corrected chi connectivity index (χ2v) is 4.21. The van der Waals surface area contributed by atoms with Gasteiger partial charge >= 0.3 is 6.09 Å². The van der Waals surface area contributed by atoms with Crippen LogP contribution in [0.15, 0.2) is 29.2 Å². The summed E-state index contributed by atoms with van der Waals surface area (Å²) in [5, 5.41) is 10.0. The summed E-state index contributed by atoms with van der Waals surface area (Å²) in [6.45, 7) is 1.80. The number of fused-ring (bicyclic) bond motifs is 1. The second kappa shape index (κ2) is 3.62. The van der Waals surface area contributed by atoms with Crippen LogP contribution in [0.5, 0.6) is 0 Å². The van der Waals surface area contributed by atoms with Gasteiger partial charge in [-0.3, -0.25) is 0 Å². The molecule has 2 rings (SSSR count). The third-order valence-corrected chi connectivity index (χ3v) is 3.11. The van der Waals surface area contributed by atoms with Crippen LogP contribution >= 0.6 is 11.8 Å². The van der Waals surface area contributed by atoms with Crippen molar-refractivity contribution < 1.29 is 9.90 Å². The van der Waals surface area contributed by atoms with Crippen LogP contribution in [0, 0.1) is 6.92 Å². The highest BCUT2D eigenvalue weighted by Crippen LogP contribution is 2.24. The lowest BCUT2D eigenvalue weighted by molar-refractivity contribution is 0.197. The van der Waals surface area contributed by atoms with E-state index < -0.39 is 6.09 Å². The van der Waals surface area contributed by atoms with Crippen molar-refractivity contribution in [3.05, 3.63) is 30.0 Å². The van der Waals surface area contributed by atoms with Gasteiger partial charge in [0.1, 0.15) is 0 Å². The van der Waals surface area contributed by atoms with E-state index >= 15 is 0 Å². The molecule has 78 valence electrons. The van der Waals surface area contributed by atoms with Crippen LogP contribution in [0.25, 0.3) is 10.9 Å². The molecule has 0 saturated carbocycles. The van der Waals surface area contributed by atoms with Gasteiger partial charge in [0, 0.05) is 16.0 Å². The highest BCUT2D eigenvalue weighted by atomic mass is 32.2. The number of rotatable bonds is 1. The van der Waals surface area contributed by atoms with Crippen LogP contribution < -0.4 is 0 Å². The Morgan fingerprint density at radius 3 is 2.73 bits per heavy atom. The van der Waals surface area contributed by atoms with Gasteiger partial charge < -0.3 is 5.11 Å². The van der Waals surface area contributed by atoms with Gasteiger partial charge in [-0.15, -0.1) is 11.8 Å². The summed E-state index contributed by atoms with van der Waals surface area (Å²) < 4.78 is 1.31. The first-order valence-electron chi connectivity index (χ1n) is 4.53. The monoisotopic (exact) mass is 221 g/mol. The van der Waals surface area contributed by atoms with E-state index in [9.17, 15) is 4.79 Å². The molecule has 0 atom stereocenters. The molecule has 0 spiro atoms. The molecule has 0 unspecified atom stereocenters. The molecule has 4 heteroatoms. The summed E-state index contributed by atoms with van der Waals surface area (Å²) in [6.07, 6.45) is 1.04. The molecule has 1 aromatic heterocycles. The zero-order valence-electron chi connectivity index (χ0n) is 8.52. The van der Waals surface area contributed by atoms with E-state index in [1.807, 2.05) is 30.5 Å². The summed E-state index contributed by atoms with van der Waals surface area (Å²) in [5.41, 5.74) is 1.50. The van der Waals surface area contributed by atoms with Crippen LogP contribution in [0.4, 0.5) is 4.79 Å². The molecule has 0 aliphatic rings. The number of benzene rings is 1. The number of carbonyl (C=O) groups is 1. The Hall–Kier alpha value is -1.42. The number of carboxylic acid groups (broad SMARTS) is 1. The Labute approximate surface area is 91.7 Å². The minimum Gasteiger partial charge on any atom is -0.464 e. The standard InChI is InChI=1S/C11H11NO2S/c1-7-5-8-3-4-9(15-2)6-10(8)12(7)11(13)14/h3-6H,1-2H3,(H,13,14). The second-order valence-electron chi connectivity index (χ2n) is 3.33. The molecule has 0 fully saturated rings. The van der Waals surface area contributed by atoms with Crippen LogP contribution in [0.1, 0.15) is 5.69 Å². The summed E-state index contributed by atoms with van der Waals surface area (Å²) in [4.78, 5) is 12.1.